The summed E-state index contributed by atoms with van der Waals surface area (Å²) in [6, 6.07) is 28.3. The van der Waals surface area contributed by atoms with Gasteiger partial charge in [-0.3, -0.25) is 9.69 Å². The quantitative estimate of drug-likeness (QED) is 0.494. The maximum atomic E-state index is 13.4. The third-order valence-corrected chi connectivity index (χ3v) is 7.29. The maximum absolute atomic E-state index is 13.4. The lowest BCUT2D eigenvalue weighted by Crippen LogP contribution is -2.41. The van der Waals surface area contributed by atoms with Crippen molar-refractivity contribution in [3.63, 3.8) is 0 Å². The van der Waals surface area contributed by atoms with Crippen LogP contribution in [0.5, 0.6) is 0 Å². The molecule has 0 saturated carbocycles. The van der Waals surface area contributed by atoms with E-state index in [1.54, 1.807) is 0 Å². The van der Waals surface area contributed by atoms with E-state index in [4.69, 9.17) is 4.74 Å². The average Bonchev–Trinajstić information content (AvgIpc) is 3.04. The van der Waals surface area contributed by atoms with Gasteiger partial charge in [0.25, 0.3) is 0 Å². The maximum Gasteiger partial charge on any atom is 0.311 e. The van der Waals surface area contributed by atoms with Crippen LogP contribution in [0.25, 0.3) is 0 Å². The number of anilines is 1. The molecule has 2 aliphatic rings. The van der Waals surface area contributed by atoms with E-state index in [-0.39, 0.29) is 29.9 Å². The molecule has 2 bridgehead atoms. The first-order chi connectivity index (χ1) is 16.1. The lowest BCUT2D eigenvalue weighted by molar-refractivity contribution is -0.149. The molecule has 2 aliphatic heterocycles. The molecule has 1 fully saturated rings. The zero-order chi connectivity index (χ0) is 22.9. The molecule has 0 N–H and O–H groups in total. The van der Waals surface area contributed by atoms with Gasteiger partial charge < -0.3 is 9.64 Å². The van der Waals surface area contributed by atoms with Crippen molar-refractivity contribution in [2.24, 2.45) is 5.92 Å². The Hall–Kier alpha value is -3.11. The fourth-order valence-corrected chi connectivity index (χ4v) is 5.84. The Balaban J connectivity index is 1.63. The Morgan fingerprint density at radius 1 is 0.970 bits per heavy atom. The Morgan fingerprint density at radius 3 is 2.36 bits per heavy atom. The van der Waals surface area contributed by atoms with Gasteiger partial charge in [-0.15, -0.1) is 0 Å². The number of nitrogens with zero attached hydrogens (tertiary/aromatic N) is 2. The number of rotatable bonds is 6. The standard InChI is InChI=1S/C29H32N2O2/c1-4-33-29(32)27-25-18-22-12-8-9-13-24(22)28(31(25)19-20-10-6-5-7-11-20)26(27)21-14-16-23(17-15-21)30(2)3/h5-17,25-28H,4,18-19H2,1-3H3. The van der Waals surface area contributed by atoms with Crippen LogP contribution in [0.4, 0.5) is 5.69 Å². The summed E-state index contributed by atoms with van der Waals surface area (Å²) in [6.45, 7) is 3.13. The van der Waals surface area contributed by atoms with Gasteiger partial charge >= 0.3 is 5.97 Å². The fraction of sp³-hybridized carbons (Fsp3) is 0.345. The number of carbonyl (C=O) groups excluding carboxylic acids is 1. The van der Waals surface area contributed by atoms with Crippen LogP contribution >= 0.6 is 0 Å². The van der Waals surface area contributed by atoms with Crippen molar-refractivity contribution in [2.75, 3.05) is 25.6 Å². The van der Waals surface area contributed by atoms with E-state index >= 15 is 0 Å². The first-order valence-corrected chi connectivity index (χ1v) is 11.9. The van der Waals surface area contributed by atoms with E-state index in [0.717, 1.165) is 18.7 Å². The van der Waals surface area contributed by atoms with Crippen LogP contribution in [-0.2, 0) is 22.5 Å². The van der Waals surface area contributed by atoms with Gasteiger partial charge in [0, 0.05) is 44.3 Å². The van der Waals surface area contributed by atoms with Gasteiger partial charge in [0.1, 0.15) is 0 Å². The summed E-state index contributed by atoms with van der Waals surface area (Å²) in [5, 5.41) is 0. The molecular weight excluding hydrogens is 408 g/mol. The number of hydrogen-bond acceptors (Lipinski definition) is 4. The molecule has 0 radical (unpaired) electrons. The Bertz CT molecular complexity index is 1110. The largest absolute Gasteiger partial charge is 0.466 e. The summed E-state index contributed by atoms with van der Waals surface area (Å²) < 4.78 is 5.67. The highest BCUT2D eigenvalue weighted by Crippen LogP contribution is 2.56. The van der Waals surface area contributed by atoms with Crippen LogP contribution in [0.3, 0.4) is 0 Å². The number of carbonyl (C=O) groups is 1. The molecule has 4 atom stereocenters. The predicted octanol–water partition coefficient (Wildman–Crippen LogP) is 5.20. The molecule has 3 aromatic rings. The molecule has 5 rings (SSSR count). The highest BCUT2D eigenvalue weighted by atomic mass is 16.5. The van der Waals surface area contributed by atoms with Gasteiger partial charge in [-0.05, 0) is 47.7 Å². The first kappa shape index (κ1) is 21.7. The summed E-state index contributed by atoms with van der Waals surface area (Å²) in [5.41, 5.74) is 6.35. The van der Waals surface area contributed by atoms with Crippen molar-refractivity contribution < 1.29 is 9.53 Å². The number of hydrogen-bond donors (Lipinski definition) is 0. The zero-order valence-corrected chi connectivity index (χ0v) is 19.6. The Labute approximate surface area is 196 Å². The molecule has 1 saturated heterocycles. The molecular formula is C29H32N2O2. The van der Waals surface area contributed by atoms with Crippen molar-refractivity contribution >= 4 is 11.7 Å². The summed E-state index contributed by atoms with van der Waals surface area (Å²) in [7, 11) is 4.10. The number of ether oxygens (including phenoxy) is 1. The molecule has 0 spiro atoms. The molecule has 4 unspecified atom stereocenters. The van der Waals surface area contributed by atoms with Crippen LogP contribution in [0.2, 0.25) is 0 Å². The van der Waals surface area contributed by atoms with E-state index in [0.29, 0.717) is 6.61 Å². The molecule has 2 heterocycles. The van der Waals surface area contributed by atoms with E-state index < -0.39 is 0 Å². The molecule has 3 aromatic carbocycles. The van der Waals surface area contributed by atoms with Crippen LogP contribution in [0.1, 0.15) is 41.1 Å². The van der Waals surface area contributed by atoms with Crippen molar-refractivity contribution in [3.8, 4) is 0 Å². The number of esters is 1. The summed E-state index contributed by atoms with van der Waals surface area (Å²) in [5.74, 6) is -0.216. The van der Waals surface area contributed by atoms with E-state index in [9.17, 15) is 4.79 Å². The molecule has 4 heteroatoms. The van der Waals surface area contributed by atoms with Crippen molar-refractivity contribution in [3.05, 3.63) is 101 Å². The molecule has 0 aliphatic carbocycles. The van der Waals surface area contributed by atoms with Gasteiger partial charge in [0.15, 0.2) is 0 Å². The first-order valence-electron chi connectivity index (χ1n) is 11.9. The van der Waals surface area contributed by atoms with Crippen molar-refractivity contribution in [2.45, 2.75) is 37.9 Å². The van der Waals surface area contributed by atoms with Crippen molar-refractivity contribution in [1.82, 2.24) is 4.90 Å². The topological polar surface area (TPSA) is 32.8 Å². The van der Waals surface area contributed by atoms with Gasteiger partial charge in [0.05, 0.1) is 12.5 Å². The van der Waals surface area contributed by atoms with Gasteiger partial charge in [-0.25, -0.2) is 0 Å². The Kier molecular flexibility index (Phi) is 5.94. The number of fused-ring (bicyclic) bond motifs is 4. The minimum atomic E-state index is -0.198. The average molecular weight is 441 g/mol. The number of benzene rings is 3. The van der Waals surface area contributed by atoms with Crippen molar-refractivity contribution in [1.29, 1.82) is 0 Å². The van der Waals surface area contributed by atoms with E-state index in [1.807, 2.05) is 6.92 Å². The minimum absolute atomic E-state index is 0.0534. The van der Waals surface area contributed by atoms with E-state index in [2.05, 4.69) is 103 Å². The third-order valence-electron chi connectivity index (χ3n) is 7.29. The smallest absolute Gasteiger partial charge is 0.311 e. The molecule has 0 aromatic heterocycles. The highest BCUT2D eigenvalue weighted by molar-refractivity contribution is 5.76. The molecule has 4 nitrogen and oxygen atoms in total. The van der Waals surface area contributed by atoms with Crippen LogP contribution in [-0.4, -0.2) is 37.6 Å². The zero-order valence-electron chi connectivity index (χ0n) is 19.6. The second-order valence-corrected chi connectivity index (χ2v) is 9.36. The normalized spacial score (nSPS) is 23.7. The van der Waals surface area contributed by atoms with Crippen LogP contribution in [0.15, 0.2) is 78.9 Å². The molecule has 33 heavy (non-hydrogen) atoms. The lowest BCUT2D eigenvalue weighted by atomic mass is 9.81. The molecule has 0 amide bonds. The predicted molar refractivity (Wildman–Crippen MR) is 132 cm³/mol. The lowest BCUT2D eigenvalue weighted by Gasteiger charge is -2.37. The second-order valence-electron chi connectivity index (χ2n) is 9.36. The monoisotopic (exact) mass is 440 g/mol. The van der Waals surface area contributed by atoms with Gasteiger partial charge in [0.2, 0.25) is 0 Å². The molecule has 170 valence electrons. The highest BCUT2D eigenvalue weighted by Gasteiger charge is 2.56. The third kappa shape index (κ3) is 3.93. The SMILES string of the molecule is CCOC(=O)C1C(c2ccc(N(C)C)cc2)C2c3ccccc3CC1N2Cc1ccccc1. The fourth-order valence-electron chi connectivity index (χ4n) is 5.84. The van der Waals surface area contributed by atoms with Gasteiger partial charge in [-0.2, -0.15) is 0 Å². The Morgan fingerprint density at radius 2 is 1.67 bits per heavy atom. The summed E-state index contributed by atoms with van der Waals surface area (Å²) in [4.78, 5) is 18.1. The summed E-state index contributed by atoms with van der Waals surface area (Å²) in [6.07, 6.45) is 0.870. The van der Waals surface area contributed by atoms with Gasteiger partial charge in [-0.1, -0.05) is 66.7 Å². The van der Waals surface area contributed by atoms with Crippen LogP contribution < -0.4 is 4.90 Å². The van der Waals surface area contributed by atoms with Crippen LogP contribution in [0, 0.1) is 5.92 Å². The van der Waals surface area contributed by atoms with E-state index in [1.165, 1.54) is 22.3 Å². The minimum Gasteiger partial charge on any atom is -0.466 e. The second kappa shape index (κ2) is 9.03. The summed E-state index contributed by atoms with van der Waals surface area (Å²) >= 11 is 0.